The third kappa shape index (κ3) is 2.72. The third-order valence-corrected chi connectivity index (χ3v) is 6.08. The Hall–Kier alpha value is -0.160. The van der Waals surface area contributed by atoms with Crippen molar-refractivity contribution >= 4 is 23.5 Å². The van der Waals surface area contributed by atoms with Gasteiger partial charge in [-0.05, 0) is 36.0 Å². The summed E-state index contributed by atoms with van der Waals surface area (Å²) in [7, 11) is 0. The maximum atomic E-state index is 10.4. The fourth-order valence-corrected chi connectivity index (χ4v) is 5.02. The van der Waals surface area contributed by atoms with E-state index in [1.807, 2.05) is 23.5 Å². The number of hydrogen-bond donors (Lipinski definition) is 2. The SMILES string of the molecule is OC1(CNC2CCSc3ccccc32)CCSC1. The van der Waals surface area contributed by atoms with Gasteiger partial charge in [-0.1, -0.05) is 18.2 Å². The van der Waals surface area contributed by atoms with Crippen LogP contribution in [0.4, 0.5) is 0 Å². The number of hydrogen-bond acceptors (Lipinski definition) is 4. The molecule has 0 bridgehead atoms. The van der Waals surface area contributed by atoms with Crippen molar-refractivity contribution < 1.29 is 5.11 Å². The van der Waals surface area contributed by atoms with Gasteiger partial charge in [0, 0.05) is 23.2 Å². The molecule has 2 nitrogen and oxygen atoms in total. The highest BCUT2D eigenvalue weighted by atomic mass is 32.2. The Morgan fingerprint density at radius 1 is 1.33 bits per heavy atom. The quantitative estimate of drug-likeness (QED) is 0.892. The molecule has 2 aliphatic rings. The van der Waals surface area contributed by atoms with Crippen molar-refractivity contribution in [3.05, 3.63) is 29.8 Å². The Kier molecular flexibility index (Phi) is 3.89. The van der Waals surface area contributed by atoms with E-state index in [1.54, 1.807) is 0 Å². The van der Waals surface area contributed by atoms with Crippen molar-refractivity contribution in [2.45, 2.75) is 29.4 Å². The van der Waals surface area contributed by atoms with Gasteiger partial charge in [-0.25, -0.2) is 0 Å². The maximum Gasteiger partial charge on any atom is 0.0869 e. The van der Waals surface area contributed by atoms with Crippen LogP contribution in [0.1, 0.15) is 24.4 Å². The average molecular weight is 281 g/mol. The largest absolute Gasteiger partial charge is 0.388 e. The zero-order valence-electron chi connectivity index (χ0n) is 10.4. The predicted molar refractivity (Wildman–Crippen MR) is 79.4 cm³/mol. The van der Waals surface area contributed by atoms with Crippen molar-refractivity contribution in [3.63, 3.8) is 0 Å². The monoisotopic (exact) mass is 281 g/mol. The van der Waals surface area contributed by atoms with E-state index in [2.05, 4.69) is 29.6 Å². The van der Waals surface area contributed by atoms with Crippen LogP contribution in [0.15, 0.2) is 29.2 Å². The summed E-state index contributed by atoms with van der Waals surface area (Å²) in [6.07, 6.45) is 2.08. The molecule has 2 N–H and O–H groups in total. The zero-order valence-corrected chi connectivity index (χ0v) is 12.0. The number of benzene rings is 1. The average Bonchev–Trinajstić information content (AvgIpc) is 2.84. The first-order valence-electron chi connectivity index (χ1n) is 6.52. The first-order valence-corrected chi connectivity index (χ1v) is 8.66. The van der Waals surface area contributed by atoms with Gasteiger partial charge in [-0.3, -0.25) is 0 Å². The van der Waals surface area contributed by atoms with Gasteiger partial charge in [-0.2, -0.15) is 11.8 Å². The summed E-state index contributed by atoms with van der Waals surface area (Å²) in [4.78, 5) is 1.40. The molecule has 98 valence electrons. The van der Waals surface area contributed by atoms with Crippen LogP contribution in [0.25, 0.3) is 0 Å². The van der Waals surface area contributed by atoms with E-state index in [1.165, 1.54) is 16.2 Å². The van der Waals surface area contributed by atoms with Gasteiger partial charge in [0.1, 0.15) is 0 Å². The molecule has 0 amide bonds. The molecule has 1 saturated heterocycles. The highest BCUT2D eigenvalue weighted by Gasteiger charge is 2.32. The lowest BCUT2D eigenvalue weighted by Crippen LogP contribution is -2.42. The highest BCUT2D eigenvalue weighted by Crippen LogP contribution is 2.36. The summed E-state index contributed by atoms with van der Waals surface area (Å²) in [6.45, 7) is 0.726. The van der Waals surface area contributed by atoms with Gasteiger partial charge in [0.2, 0.25) is 0 Å². The Labute approximate surface area is 117 Å². The normalized spacial score (nSPS) is 31.3. The minimum absolute atomic E-state index is 0.414. The first kappa shape index (κ1) is 12.9. The molecule has 1 aromatic rings. The third-order valence-electron chi connectivity index (χ3n) is 3.72. The van der Waals surface area contributed by atoms with Gasteiger partial charge in [0.15, 0.2) is 0 Å². The van der Waals surface area contributed by atoms with Crippen LogP contribution < -0.4 is 5.32 Å². The van der Waals surface area contributed by atoms with E-state index >= 15 is 0 Å². The molecule has 3 rings (SSSR count). The Bertz CT molecular complexity index is 418. The number of thioether (sulfide) groups is 2. The first-order chi connectivity index (χ1) is 8.77. The van der Waals surface area contributed by atoms with Gasteiger partial charge in [0.25, 0.3) is 0 Å². The van der Waals surface area contributed by atoms with Crippen molar-refractivity contribution in [2.24, 2.45) is 0 Å². The molecular formula is C14H19NOS2. The van der Waals surface area contributed by atoms with Crippen LogP contribution >= 0.6 is 23.5 Å². The van der Waals surface area contributed by atoms with Crippen molar-refractivity contribution in [2.75, 3.05) is 23.8 Å². The highest BCUT2D eigenvalue weighted by molar-refractivity contribution is 7.99. The lowest BCUT2D eigenvalue weighted by Gasteiger charge is -2.30. The second-order valence-electron chi connectivity index (χ2n) is 5.14. The molecule has 0 saturated carbocycles. The van der Waals surface area contributed by atoms with Crippen LogP contribution in [0.3, 0.4) is 0 Å². The maximum absolute atomic E-state index is 10.4. The Morgan fingerprint density at radius 3 is 3.06 bits per heavy atom. The summed E-state index contributed by atoms with van der Waals surface area (Å²) in [5, 5.41) is 14.0. The van der Waals surface area contributed by atoms with Crippen molar-refractivity contribution in [3.8, 4) is 0 Å². The fourth-order valence-electron chi connectivity index (χ4n) is 2.60. The van der Waals surface area contributed by atoms with Crippen LogP contribution in [-0.2, 0) is 0 Å². The standard InChI is InChI=1S/C14H19NOS2/c16-14(6-8-17-10-14)9-15-12-5-7-18-13-4-2-1-3-11(12)13/h1-4,12,15-16H,5-10H2. The lowest BCUT2D eigenvalue weighted by atomic mass is 10.00. The summed E-state index contributed by atoms with van der Waals surface area (Å²) in [5.41, 5.74) is 0.924. The van der Waals surface area contributed by atoms with E-state index in [4.69, 9.17) is 0 Å². The molecule has 0 aliphatic carbocycles. The minimum Gasteiger partial charge on any atom is -0.388 e. The van der Waals surface area contributed by atoms with Crippen LogP contribution in [0, 0.1) is 0 Å². The number of aliphatic hydroxyl groups is 1. The molecule has 1 fully saturated rings. The van der Waals surface area contributed by atoms with Gasteiger partial charge in [-0.15, -0.1) is 11.8 Å². The topological polar surface area (TPSA) is 32.3 Å². The molecule has 2 heterocycles. The van der Waals surface area contributed by atoms with E-state index < -0.39 is 5.60 Å². The lowest BCUT2D eigenvalue weighted by molar-refractivity contribution is 0.0642. The van der Waals surface area contributed by atoms with Crippen LogP contribution in [0.2, 0.25) is 0 Å². The molecular weight excluding hydrogens is 262 g/mol. The van der Waals surface area contributed by atoms with Gasteiger partial charge < -0.3 is 10.4 Å². The Morgan fingerprint density at radius 2 is 2.22 bits per heavy atom. The van der Waals surface area contributed by atoms with E-state index in [0.29, 0.717) is 6.04 Å². The molecule has 1 aromatic carbocycles. The molecule has 0 spiro atoms. The van der Waals surface area contributed by atoms with E-state index in [0.717, 1.165) is 30.9 Å². The summed E-state index contributed by atoms with van der Waals surface area (Å²) < 4.78 is 0. The van der Waals surface area contributed by atoms with Crippen molar-refractivity contribution in [1.29, 1.82) is 0 Å². The second-order valence-corrected chi connectivity index (χ2v) is 7.38. The van der Waals surface area contributed by atoms with Crippen molar-refractivity contribution in [1.82, 2.24) is 5.32 Å². The molecule has 2 atom stereocenters. The zero-order chi connectivity index (χ0) is 12.4. The molecule has 4 heteroatoms. The predicted octanol–water partition coefficient (Wildman–Crippen LogP) is 2.68. The number of fused-ring (bicyclic) bond motifs is 1. The molecule has 0 aromatic heterocycles. The second kappa shape index (κ2) is 5.45. The molecule has 2 aliphatic heterocycles. The summed E-state index contributed by atoms with van der Waals surface area (Å²) >= 11 is 3.80. The molecule has 0 radical (unpaired) electrons. The number of nitrogens with one attached hydrogen (secondary N) is 1. The minimum atomic E-state index is -0.482. The number of rotatable bonds is 3. The fraction of sp³-hybridized carbons (Fsp3) is 0.571. The van der Waals surface area contributed by atoms with Crippen LogP contribution in [-0.4, -0.2) is 34.5 Å². The van der Waals surface area contributed by atoms with Gasteiger partial charge >= 0.3 is 0 Å². The van der Waals surface area contributed by atoms with Crippen LogP contribution in [0.5, 0.6) is 0 Å². The van der Waals surface area contributed by atoms with Gasteiger partial charge in [0.05, 0.1) is 5.60 Å². The summed E-state index contributed by atoms with van der Waals surface area (Å²) in [6, 6.07) is 9.05. The molecule has 18 heavy (non-hydrogen) atoms. The van der Waals surface area contributed by atoms with E-state index in [9.17, 15) is 5.11 Å². The summed E-state index contributed by atoms with van der Waals surface area (Å²) in [5.74, 6) is 3.14. The molecule has 2 unspecified atom stereocenters. The Balaban J connectivity index is 1.67. The smallest absolute Gasteiger partial charge is 0.0869 e. The van der Waals surface area contributed by atoms with E-state index in [-0.39, 0.29) is 0 Å².